The van der Waals surface area contributed by atoms with Crippen molar-refractivity contribution in [3.8, 4) is 27.9 Å². The Bertz CT molecular complexity index is 2850. The molecule has 3 heteroatoms. The molecule has 240 valence electrons. The number of furan rings is 1. The van der Waals surface area contributed by atoms with Crippen molar-refractivity contribution in [3.05, 3.63) is 194 Å². The van der Waals surface area contributed by atoms with Crippen molar-refractivity contribution in [2.75, 3.05) is 4.90 Å². The largest absolute Gasteiger partial charge is 0.456 e. The molecule has 0 saturated carbocycles. The topological polar surface area (TPSA) is 21.3 Å². The van der Waals surface area contributed by atoms with Gasteiger partial charge in [-0.25, -0.2) is 0 Å². The smallest absolute Gasteiger partial charge is 0.137 e. The minimum atomic E-state index is 0.877. The summed E-state index contributed by atoms with van der Waals surface area (Å²) >= 11 is 0. The van der Waals surface area contributed by atoms with Gasteiger partial charge in [0.1, 0.15) is 11.2 Å². The molecule has 0 saturated heterocycles. The first kappa shape index (κ1) is 29.1. The molecule has 2 aromatic heterocycles. The maximum absolute atomic E-state index is 6.30. The third-order valence-corrected chi connectivity index (χ3v) is 10.00. The second-order valence-electron chi connectivity index (χ2n) is 12.9. The molecule has 0 amide bonds. The monoisotopic (exact) mass is 652 g/mol. The van der Waals surface area contributed by atoms with E-state index in [2.05, 4.69) is 191 Å². The van der Waals surface area contributed by atoms with Crippen LogP contribution in [-0.2, 0) is 0 Å². The van der Waals surface area contributed by atoms with Crippen molar-refractivity contribution in [2.24, 2.45) is 0 Å². The highest BCUT2D eigenvalue weighted by Crippen LogP contribution is 2.42. The molecule has 0 atom stereocenters. The summed E-state index contributed by atoms with van der Waals surface area (Å²) in [6, 6.07) is 69.1. The lowest BCUT2D eigenvalue weighted by Gasteiger charge is -2.25. The molecule has 0 fully saturated rings. The van der Waals surface area contributed by atoms with Gasteiger partial charge in [0.2, 0.25) is 0 Å². The lowest BCUT2D eigenvalue weighted by atomic mass is 9.99. The minimum absolute atomic E-state index is 0.877. The number of aromatic nitrogens is 1. The van der Waals surface area contributed by atoms with Crippen molar-refractivity contribution in [1.29, 1.82) is 0 Å². The average Bonchev–Trinajstić information content (AvgIpc) is 3.74. The van der Waals surface area contributed by atoms with Gasteiger partial charge in [-0.1, -0.05) is 127 Å². The summed E-state index contributed by atoms with van der Waals surface area (Å²) in [5, 5.41) is 4.77. The van der Waals surface area contributed by atoms with E-state index in [0.29, 0.717) is 0 Å². The summed E-state index contributed by atoms with van der Waals surface area (Å²) in [4.78, 5) is 2.29. The molecule has 0 unspecified atom stereocenters. The van der Waals surface area contributed by atoms with E-state index in [9.17, 15) is 0 Å². The van der Waals surface area contributed by atoms with Crippen LogP contribution in [0.25, 0.3) is 71.7 Å². The van der Waals surface area contributed by atoms with Crippen LogP contribution in [0.5, 0.6) is 0 Å². The molecule has 0 aliphatic rings. The predicted molar refractivity (Wildman–Crippen MR) is 214 cm³/mol. The van der Waals surface area contributed by atoms with E-state index in [1.165, 1.54) is 38.5 Å². The molecule has 0 radical (unpaired) electrons. The van der Waals surface area contributed by atoms with Crippen LogP contribution < -0.4 is 4.90 Å². The Morgan fingerprint density at radius 3 is 1.80 bits per heavy atom. The van der Waals surface area contributed by atoms with E-state index in [1.807, 2.05) is 12.1 Å². The number of para-hydroxylation sites is 4. The van der Waals surface area contributed by atoms with Crippen LogP contribution >= 0.6 is 0 Å². The molecular formula is C48H32N2O. The van der Waals surface area contributed by atoms with E-state index >= 15 is 0 Å². The molecule has 0 N–H and O–H groups in total. The van der Waals surface area contributed by atoms with Crippen LogP contribution in [0, 0.1) is 0 Å². The van der Waals surface area contributed by atoms with Crippen LogP contribution in [0.2, 0.25) is 0 Å². The normalized spacial score (nSPS) is 11.5. The van der Waals surface area contributed by atoms with Crippen molar-refractivity contribution in [3.63, 3.8) is 0 Å². The zero-order valence-corrected chi connectivity index (χ0v) is 27.8. The number of anilines is 3. The standard InChI is InChI=1S/C48H32N2O/c1-3-14-33(15-4-1)39-21-13-24-45-48(39)42-20-8-11-23-44(42)50(45)43-22-10-7-18-38(43)34-26-28-36(29-27-34)49(35-16-5-2-6-17-35)37-30-31-41-40-19-9-12-25-46(40)51-47(41)32-37/h1-32H. The Hall–Kier alpha value is -6.84. The fourth-order valence-electron chi connectivity index (χ4n) is 7.72. The molecule has 8 aromatic carbocycles. The van der Waals surface area contributed by atoms with Gasteiger partial charge in [0.15, 0.2) is 0 Å². The lowest BCUT2D eigenvalue weighted by molar-refractivity contribution is 0.669. The van der Waals surface area contributed by atoms with Gasteiger partial charge in [0.25, 0.3) is 0 Å². The van der Waals surface area contributed by atoms with Crippen LogP contribution in [0.1, 0.15) is 0 Å². The maximum Gasteiger partial charge on any atom is 0.137 e. The van der Waals surface area contributed by atoms with Gasteiger partial charge in [-0.15, -0.1) is 0 Å². The van der Waals surface area contributed by atoms with Gasteiger partial charge in [0.05, 0.1) is 16.7 Å². The molecule has 10 rings (SSSR count). The van der Waals surface area contributed by atoms with Gasteiger partial charge in [-0.2, -0.15) is 0 Å². The number of benzene rings is 8. The van der Waals surface area contributed by atoms with Gasteiger partial charge in [0, 0.05) is 50.2 Å². The van der Waals surface area contributed by atoms with Crippen molar-refractivity contribution in [1.82, 2.24) is 4.57 Å². The predicted octanol–water partition coefficient (Wildman–Crippen LogP) is 13.5. The Labute approximate surface area is 295 Å². The fraction of sp³-hybridized carbons (Fsp3) is 0. The average molecular weight is 653 g/mol. The maximum atomic E-state index is 6.30. The summed E-state index contributed by atoms with van der Waals surface area (Å²) in [5.74, 6) is 0. The Morgan fingerprint density at radius 2 is 0.961 bits per heavy atom. The first-order valence-corrected chi connectivity index (χ1v) is 17.4. The molecule has 51 heavy (non-hydrogen) atoms. The Morgan fingerprint density at radius 1 is 0.373 bits per heavy atom. The number of hydrogen-bond acceptors (Lipinski definition) is 2. The fourth-order valence-corrected chi connectivity index (χ4v) is 7.72. The van der Waals surface area contributed by atoms with Gasteiger partial charge in [-0.3, -0.25) is 0 Å². The van der Waals surface area contributed by atoms with E-state index in [1.54, 1.807) is 0 Å². The quantitative estimate of drug-likeness (QED) is 0.178. The molecule has 2 heterocycles. The third-order valence-electron chi connectivity index (χ3n) is 10.00. The van der Waals surface area contributed by atoms with Crippen molar-refractivity contribution < 1.29 is 4.42 Å². The summed E-state index contributed by atoms with van der Waals surface area (Å²) in [6.45, 7) is 0. The van der Waals surface area contributed by atoms with Crippen molar-refractivity contribution in [2.45, 2.75) is 0 Å². The molecule has 0 spiro atoms. The van der Waals surface area contributed by atoms with E-state index in [0.717, 1.165) is 50.3 Å². The second kappa shape index (κ2) is 11.9. The summed E-state index contributed by atoms with van der Waals surface area (Å²) in [7, 11) is 0. The Balaban J connectivity index is 1.11. The van der Waals surface area contributed by atoms with Crippen LogP contribution in [0.4, 0.5) is 17.1 Å². The number of hydrogen-bond donors (Lipinski definition) is 0. The van der Waals surface area contributed by atoms with E-state index in [4.69, 9.17) is 4.42 Å². The highest BCUT2D eigenvalue weighted by molar-refractivity contribution is 6.16. The number of fused-ring (bicyclic) bond motifs is 6. The zero-order chi connectivity index (χ0) is 33.7. The minimum Gasteiger partial charge on any atom is -0.456 e. The number of nitrogens with zero attached hydrogens (tertiary/aromatic N) is 2. The molecule has 0 aliphatic carbocycles. The first-order valence-electron chi connectivity index (χ1n) is 17.4. The van der Waals surface area contributed by atoms with E-state index in [-0.39, 0.29) is 0 Å². The Kier molecular flexibility index (Phi) is 6.81. The number of rotatable bonds is 6. The third kappa shape index (κ3) is 4.82. The highest BCUT2D eigenvalue weighted by Gasteiger charge is 2.19. The lowest BCUT2D eigenvalue weighted by Crippen LogP contribution is -2.09. The van der Waals surface area contributed by atoms with Crippen LogP contribution in [-0.4, -0.2) is 4.57 Å². The van der Waals surface area contributed by atoms with Gasteiger partial charge >= 0.3 is 0 Å². The zero-order valence-electron chi connectivity index (χ0n) is 27.8. The van der Waals surface area contributed by atoms with Crippen LogP contribution in [0.3, 0.4) is 0 Å². The van der Waals surface area contributed by atoms with Crippen LogP contribution in [0.15, 0.2) is 199 Å². The molecule has 3 nitrogen and oxygen atoms in total. The summed E-state index contributed by atoms with van der Waals surface area (Å²) < 4.78 is 8.73. The van der Waals surface area contributed by atoms with Gasteiger partial charge < -0.3 is 13.9 Å². The molecular weight excluding hydrogens is 621 g/mol. The molecule has 0 aliphatic heterocycles. The molecule has 0 bridgehead atoms. The van der Waals surface area contributed by atoms with Gasteiger partial charge in [-0.05, 0) is 77.4 Å². The summed E-state index contributed by atoms with van der Waals surface area (Å²) in [6.07, 6.45) is 0. The molecule has 10 aromatic rings. The SMILES string of the molecule is c1ccc(-c2cccc3c2c2ccccc2n3-c2ccccc2-c2ccc(N(c3ccccc3)c3ccc4c(c3)oc3ccccc34)cc2)cc1. The first-order chi connectivity index (χ1) is 25.3. The van der Waals surface area contributed by atoms with Crippen molar-refractivity contribution >= 4 is 60.8 Å². The summed E-state index contributed by atoms with van der Waals surface area (Å²) in [5.41, 5.74) is 13.3. The second-order valence-corrected chi connectivity index (χ2v) is 12.9. The van der Waals surface area contributed by atoms with E-state index < -0.39 is 0 Å². The highest BCUT2D eigenvalue weighted by atomic mass is 16.3.